The minimum Gasteiger partial charge on any atom is -0.494 e. The first-order valence-corrected chi connectivity index (χ1v) is 20.4. The fourth-order valence-electron chi connectivity index (χ4n) is 7.84. The summed E-state index contributed by atoms with van der Waals surface area (Å²) in [6.07, 6.45) is 3.92. The van der Waals surface area contributed by atoms with Crippen LogP contribution in [-0.2, 0) is 9.36 Å². The SMILES string of the molecule is COc1cc(N2CCC(N3CC4CN(C(C)=O)CC4C3)CC2)c(C)cc1Nc1ncc(Br)c(Nc2ccc3c(c2P(C)(C)=O)OCCO3)n1. The van der Waals surface area contributed by atoms with Crippen LogP contribution in [0.15, 0.2) is 34.9 Å². The summed E-state index contributed by atoms with van der Waals surface area (Å²) in [6.45, 7) is 14.1. The number of anilines is 5. The molecule has 2 N–H and O–H groups in total. The first-order chi connectivity index (χ1) is 23.5. The number of carbonyl (C=O) groups excluding carboxylic acids is 1. The van der Waals surface area contributed by atoms with Gasteiger partial charge in [-0.25, -0.2) is 4.98 Å². The van der Waals surface area contributed by atoms with Gasteiger partial charge in [0.2, 0.25) is 11.9 Å². The number of rotatable bonds is 8. The number of hydrogen-bond acceptors (Lipinski definition) is 11. The van der Waals surface area contributed by atoms with E-state index in [4.69, 9.17) is 19.2 Å². The van der Waals surface area contributed by atoms with Gasteiger partial charge in [0, 0.05) is 70.2 Å². The Hall–Kier alpha value is -3.54. The number of methoxy groups -OCH3 is 1. The lowest BCUT2D eigenvalue weighted by molar-refractivity contribution is -0.128. The van der Waals surface area contributed by atoms with Gasteiger partial charge in [-0.1, -0.05) is 0 Å². The quantitative estimate of drug-likeness (QED) is 0.286. The lowest BCUT2D eigenvalue weighted by Gasteiger charge is -2.39. The van der Waals surface area contributed by atoms with Crippen LogP contribution in [0, 0.1) is 18.8 Å². The Kier molecular flexibility index (Phi) is 9.45. The first-order valence-electron chi connectivity index (χ1n) is 17.0. The summed E-state index contributed by atoms with van der Waals surface area (Å²) in [4.78, 5) is 28.3. The molecule has 0 saturated carbocycles. The number of aryl methyl sites for hydroxylation is 1. The van der Waals surface area contributed by atoms with Crippen molar-refractivity contribution in [2.24, 2.45) is 11.8 Å². The fraction of sp³-hybridized carbons (Fsp3) is 0.514. The van der Waals surface area contributed by atoms with E-state index in [0.717, 1.165) is 63.4 Å². The zero-order valence-corrected chi connectivity index (χ0v) is 31.3. The lowest BCUT2D eigenvalue weighted by atomic mass is 10.0. The molecule has 4 aliphatic rings. The molecule has 0 radical (unpaired) electrons. The third-order valence-corrected chi connectivity index (χ3v) is 12.4. The average molecular weight is 755 g/mol. The van der Waals surface area contributed by atoms with Crippen LogP contribution in [0.5, 0.6) is 17.2 Å². The van der Waals surface area contributed by atoms with E-state index in [1.54, 1.807) is 33.6 Å². The molecule has 0 aliphatic carbocycles. The second-order valence-corrected chi connectivity index (χ2v) is 17.9. The van der Waals surface area contributed by atoms with Crippen molar-refractivity contribution >= 4 is 63.1 Å². The van der Waals surface area contributed by atoms with E-state index < -0.39 is 7.14 Å². The van der Waals surface area contributed by atoms with Gasteiger partial charge in [0.25, 0.3) is 0 Å². The van der Waals surface area contributed by atoms with Crippen LogP contribution in [-0.4, -0.2) is 105 Å². The van der Waals surface area contributed by atoms with Crippen molar-refractivity contribution in [2.45, 2.75) is 32.7 Å². The minimum absolute atomic E-state index is 0.209. The van der Waals surface area contributed by atoms with Crippen LogP contribution in [0.4, 0.5) is 28.8 Å². The molecule has 3 saturated heterocycles. The maximum atomic E-state index is 13.4. The van der Waals surface area contributed by atoms with Crippen molar-refractivity contribution in [3.8, 4) is 17.2 Å². The number of benzene rings is 2. The van der Waals surface area contributed by atoms with Crippen molar-refractivity contribution in [1.82, 2.24) is 19.8 Å². The van der Waals surface area contributed by atoms with E-state index in [9.17, 15) is 9.36 Å². The van der Waals surface area contributed by atoms with Crippen LogP contribution < -0.4 is 35.0 Å². The number of hydrogen-bond donors (Lipinski definition) is 2. The standard InChI is InChI=1S/C35H45BrN7O5P/c1-21-14-28(31(46-3)15-29(21)41-10-8-25(9-11-41)43-19-23-17-42(22(2)44)18-24(23)20-43)39-35-37-16-26(36)34(40-35)38-27-6-7-30-32(48-13-12-47-30)33(27)49(4,5)45/h6-7,14-16,23-25H,8-13,17-20H2,1-5H3,(H2,37,38,39,40). The van der Waals surface area contributed by atoms with Crippen molar-refractivity contribution < 1.29 is 23.6 Å². The number of amides is 1. The smallest absolute Gasteiger partial charge is 0.229 e. The molecule has 1 amide bonds. The third-order valence-electron chi connectivity index (χ3n) is 10.3. The van der Waals surface area contributed by atoms with E-state index in [0.29, 0.717) is 75.6 Å². The summed E-state index contributed by atoms with van der Waals surface area (Å²) < 4.78 is 31.6. The first kappa shape index (κ1) is 33.9. The maximum absolute atomic E-state index is 13.4. The zero-order valence-electron chi connectivity index (χ0n) is 28.8. The van der Waals surface area contributed by atoms with E-state index in [2.05, 4.69) is 60.4 Å². The van der Waals surface area contributed by atoms with Gasteiger partial charge in [0.15, 0.2) is 11.5 Å². The van der Waals surface area contributed by atoms with E-state index >= 15 is 0 Å². The maximum Gasteiger partial charge on any atom is 0.229 e. The Labute approximate surface area is 296 Å². The molecule has 3 fully saturated rings. The normalized spacial score (nSPS) is 21.1. The van der Waals surface area contributed by atoms with E-state index in [1.165, 1.54) is 5.69 Å². The van der Waals surface area contributed by atoms with Gasteiger partial charge in [-0.15, -0.1) is 0 Å². The topological polar surface area (TPSA) is 121 Å². The van der Waals surface area contributed by atoms with E-state index in [1.807, 2.05) is 17.0 Å². The molecule has 2 aromatic carbocycles. The van der Waals surface area contributed by atoms with Crippen LogP contribution >= 0.6 is 23.1 Å². The Morgan fingerprint density at radius 2 is 1.73 bits per heavy atom. The van der Waals surface area contributed by atoms with Gasteiger partial charge in [-0.05, 0) is 84.6 Å². The summed E-state index contributed by atoms with van der Waals surface area (Å²) in [5.41, 5.74) is 3.71. The number of carbonyl (C=O) groups is 1. The van der Waals surface area contributed by atoms with Crippen LogP contribution in [0.3, 0.4) is 0 Å². The summed E-state index contributed by atoms with van der Waals surface area (Å²) in [6, 6.07) is 8.45. The molecule has 1 aromatic heterocycles. The molecule has 49 heavy (non-hydrogen) atoms. The summed E-state index contributed by atoms with van der Waals surface area (Å²) in [5, 5.41) is 7.30. The predicted octanol–water partition coefficient (Wildman–Crippen LogP) is 5.44. The van der Waals surface area contributed by atoms with Crippen molar-refractivity contribution in [1.29, 1.82) is 0 Å². The zero-order chi connectivity index (χ0) is 34.4. The molecular formula is C35H45BrN7O5P. The van der Waals surface area contributed by atoms with Crippen molar-refractivity contribution in [2.75, 3.05) is 88.5 Å². The Morgan fingerprint density at radius 3 is 2.41 bits per heavy atom. The largest absolute Gasteiger partial charge is 0.494 e. The highest BCUT2D eigenvalue weighted by atomic mass is 79.9. The molecule has 14 heteroatoms. The van der Waals surface area contributed by atoms with Gasteiger partial charge < -0.3 is 39.2 Å². The molecule has 2 atom stereocenters. The van der Waals surface area contributed by atoms with Gasteiger partial charge in [-0.2, -0.15) is 4.98 Å². The highest BCUT2D eigenvalue weighted by Gasteiger charge is 2.43. The highest BCUT2D eigenvalue weighted by molar-refractivity contribution is 9.10. The molecular weight excluding hydrogens is 709 g/mol. The van der Waals surface area contributed by atoms with Crippen LogP contribution in [0.2, 0.25) is 0 Å². The molecule has 3 aromatic rings. The molecule has 0 bridgehead atoms. The van der Waals surface area contributed by atoms with Crippen LogP contribution in [0.25, 0.3) is 0 Å². The molecule has 7 rings (SSSR count). The van der Waals surface area contributed by atoms with Gasteiger partial charge in [-0.3, -0.25) is 9.69 Å². The molecule has 262 valence electrons. The van der Waals surface area contributed by atoms with Crippen molar-refractivity contribution in [3.63, 3.8) is 0 Å². The van der Waals surface area contributed by atoms with Gasteiger partial charge in [0.05, 0.1) is 28.3 Å². The van der Waals surface area contributed by atoms with Crippen molar-refractivity contribution in [3.05, 3.63) is 40.5 Å². The summed E-state index contributed by atoms with van der Waals surface area (Å²) >= 11 is 3.57. The molecule has 0 spiro atoms. The average Bonchev–Trinajstić information content (AvgIpc) is 3.66. The molecule has 2 unspecified atom stereocenters. The number of likely N-dealkylation sites (tertiary alicyclic amines) is 2. The minimum atomic E-state index is -2.76. The number of nitrogens with one attached hydrogen (secondary N) is 2. The van der Waals surface area contributed by atoms with E-state index in [-0.39, 0.29) is 5.91 Å². The number of ether oxygens (including phenoxy) is 3. The highest BCUT2D eigenvalue weighted by Crippen LogP contribution is 2.47. The van der Waals surface area contributed by atoms with Crippen LogP contribution in [0.1, 0.15) is 25.3 Å². The number of nitrogens with zero attached hydrogens (tertiary/aromatic N) is 5. The lowest BCUT2D eigenvalue weighted by Crippen LogP contribution is -2.45. The monoisotopic (exact) mass is 753 g/mol. The summed E-state index contributed by atoms with van der Waals surface area (Å²) in [5.74, 6) is 4.15. The number of halogens is 1. The Bertz CT molecular complexity index is 1780. The molecule has 5 heterocycles. The predicted molar refractivity (Wildman–Crippen MR) is 197 cm³/mol. The Morgan fingerprint density at radius 1 is 1.02 bits per heavy atom. The van der Waals surface area contributed by atoms with Gasteiger partial charge in [0.1, 0.15) is 31.9 Å². The Balaban J connectivity index is 1.04. The summed E-state index contributed by atoms with van der Waals surface area (Å²) in [7, 11) is -1.09. The molecule has 4 aliphatic heterocycles. The molecule has 12 nitrogen and oxygen atoms in total. The van der Waals surface area contributed by atoms with Gasteiger partial charge >= 0.3 is 0 Å². The number of fused-ring (bicyclic) bond motifs is 2. The number of aromatic nitrogens is 2. The second-order valence-electron chi connectivity index (χ2n) is 13.9. The fourth-order valence-corrected chi connectivity index (χ4v) is 9.51. The third kappa shape index (κ3) is 6.94. The second kappa shape index (κ2) is 13.6. The number of piperidine rings is 1.